The number of benzene rings is 1. The van der Waals surface area contributed by atoms with Crippen LogP contribution in [-0.4, -0.2) is 61.1 Å². The first kappa shape index (κ1) is 20.9. The molecule has 0 radical (unpaired) electrons. The molecule has 160 valence electrons. The van der Waals surface area contributed by atoms with Crippen LogP contribution in [-0.2, 0) is 6.42 Å². The minimum absolute atomic E-state index is 0. The normalized spacial score (nSPS) is 25.4. The Labute approximate surface area is 183 Å². The number of carbonyl (C=O) groups is 1. The molecule has 3 aliphatic rings. The standard InChI is InChI=1S/C22H27N5O2.ClH/c1-13-24-19-17(8-9-23-22(19)28)21(25-13)27-11-15-10-26(2)20(18(15)12-27)14-4-6-16(29-3)7-5-14;/h4-7,15,18,20H,8-12H2,1-3H3,(H,23,28);1H/t15-,18+,20+;/m0./s1. The number of carbonyl (C=O) groups excluding carboxylic acids is 1. The first-order chi connectivity index (χ1) is 14.0. The highest BCUT2D eigenvalue weighted by Gasteiger charge is 2.47. The Morgan fingerprint density at radius 2 is 1.90 bits per heavy atom. The molecule has 1 amide bonds. The van der Waals surface area contributed by atoms with Gasteiger partial charge in [0.1, 0.15) is 23.1 Å². The van der Waals surface area contributed by atoms with Crippen LogP contribution < -0.4 is 15.0 Å². The van der Waals surface area contributed by atoms with E-state index in [1.165, 1.54) is 5.56 Å². The Morgan fingerprint density at radius 1 is 1.13 bits per heavy atom. The molecule has 1 aromatic carbocycles. The molecule has 0 saturated carbocycles. The monoisotopic (exact) mass is 429 g/mol. The minimum atomic E-state index is -0.0757. The van der Waals surface area contributed by atoms with Crippen molar-refractivity contribution in [1.82, 2.24) is 20.2 Å². The molecule has 2 aromatic rings. The van der Waals surface area contributed by atoms with Crippen molar-refractivity contribution in [1.29, 1.82) is 0 Å². The summed E-state index contributed by atoms with van der Waals surface area (Å²) < 4.78 is 5.32. The second-order valence-electron chi connectivity index (χ2n) is 8.41. The number of methoxy groups -OCH3 is 1. The average Bonchev–Trinajstić information content (AvgIpc) is 3.25. The van der Waals surface area contributed by atoms with Crippen LogP contribution in [0.4, 0.5) is 5.82 Å². The number of ether oxygens (including phenoxy) is 1. The molecule has 4 heterocycles. The predicted molar refractivity (Wildman–Crippen MR) is 118 cm³/mol. The van der Waals surface area contributed by atoms with E-state index >= 15 is 0 Å². The number of hydrogen-bond acceptors (Lipinski definition) is 6. The number of fused-ring (bicyclic) bond motifs is 2. The summed E-state index contributed by atoms with van der Waals surface area (Å²) in [6, 6.07) is 8.86. The molecule has 0 unspecified atom stereocenters. The molecule has 0 aliphatic carbocycles. The summed E-state index contributed by atoms with van der Waals surface area (Å²) in [7, 11) is 3.92. The number of aromatic nitrogens is 2. The van der Waals surface area contributed by atoms with E-state index in [0.717, 1.165) is 43.2 Å². The van der Waals surface area contributed by atoms with Crippen LogP contribution in [0.5, 0.6) is 5.75 Å². The minimum Gasteiger partial charge on any atom is -0.497 e. The number of rotatable bonds is 3. The van der Waals surface area contributed by atoms with Crippen molar-refractivity contribution in [2.75, 3.05) is 45.2 Å². The third-order valence-corrected chi connectivity index (χ3v) is 6.62. The zero-order chi connectivity index (χ0) is 20.1. The third-order valence-electron chi connectivity index (χ3n) is 6.62. The van der Waals surface area contributed by atoms with E-state index in [0.29, 0.717) is 35.9 Å². The maximum atomic E-state index is 12.3. The molecule has 30 heavy (non-hydrogen) atoms. The van der Waals surface area contributed by atoms with Crippen LogP contribution in [0.25, 0.3) is 0 Å². The largest absolute Gasteiger partial charge is 0.497 e. The van der Waals surface area contributed by atoms with Crippen molar-refractivity contribution in [2.45, 2.75) is 19.4 Å². The summed E-state index contributed by atoms with van der Waals surface area (Å²) in [6.45, 7) is 5.53. The third kappa shape index (κ3) is 3.40. The summed E-state index contributed by atoms with van der Waals surface area (Å²) in [5, 5.41) is 2.90. The highest BCUT2D eigenvalue weighted by molar-refractivity contribution is 5.96. The van der Waals surface area contributed by atoms with Crippen molar-refractivity contribution >= 4 is 24.1 Å². The van der Waals surface area contributed by atoms with Crippen LogP contribution in [0.2, 0.25) is 0 Å². The van der Waals surface area contributed by atoms with E-state index in [1.807, 2.05) is 19.1 Å². The zero-order valence-corrected chi connectivity index (χ0v) is 18.4. The van der Waals surface area contributed by atoms with E-state index in [-0.39, 0.29) is 18.3 Å². The highest BCUT2D eigenvalue weighted by Crippen LogP contribution is 2.45. The Morgan fingerprint density at radius 3 is 2.63 bits per heavy atom. The molecule has 0 bridgehead atoms. The van der Waals surface area contributed by atoms with Gasteiger partial charge in [0.2, 0.25) is 0 Å². The summed E-state index contributed by atoms with van der Waals surface area (Å²) in [5.41, 5.74) is 2.90. The number of likely N-dealkylation sites (tertiary alicyclic amines) is 1. The van der Waals surface area contributed by atoms with Crippen molar-refractivity contribution in [3.05, 3.63) is 46.9 Å². The number of anilines is 1. The molecule has 3 aliphatic heterocycles. The molecular weight excluding hydrogens is 402 g/mol. The van der Waals surface area contributed by atoms with Gasteiger partial charge in [0, 0.05) is 43.7 Å². The van der Waals surface area contributed by atoms with Crippen molar-refractivity contribution < 1.29 is 9.53 Å². The van der Waals surface area contributed by atoms with Gasteiger partial charge in [-0.3, -0.25) is 9.69 Å². The molecule has 1 aromatic heterocycles. The van der Waals surface area contributed by atoms with Gasteiger partial charge in [-0.15, -0.1) is 12.4 Å². The molecular formula is C22H28ClN5O2. The molecule has 5 rings (SSSR count). The fourth-order valence-electron chi connectivity index (χ4n) is 5.38. The van der Waals surface area contributed by atoms with Gasteiger partial charge in [0.25, 0.3) is 5.91 Å². The number of halogens is 1. The SMILES string of the molecule is COc1ccc([C@@H]2[C@@H]3CN(c4nc(C)nc5c4CCNC5=O)C[C@@H]3CN2C)cc1.Cl. The second-order valence-corrected chi connectivity index (χ2v) is 8.41. The van der Waals surface area contributed by atoms with Gasteiger partial charge in [-0.05, 0) is 44.0 Å². The Hall–Kier alpha value is -2.38. The molecule has 7 nitrogen and oxygen atoms in total. The van der Waals surface area contributed by atoms with E-state index in [2.05, 4.69) is 39.3 Å². The van der Waals surface area contributed by atoms with E-state index in [4.69, 9.17) is 9.72 Å². The molecule has 3 atom stereocenters. The van der Waals surface area contributed by atoms with Crippen LogP contribution in [0, 0.1) is 18.8 Å². The topological polar surface area (TPSA) is 70.6 Å². The number of aryl methyl sites for hydroxylation is 1. The fraction of sp³-hybridized carbons (Fsp3) is 0.500. The number of hydrogen-bond donors (Lipinski definition) is 1. The van der Waals surface area contributed by atoms with Gasteiger partial charge in [-0.2, -0.15) is 0 Å². The average molecular weight is 430 g/mol. The first-order valence-corrected chi connectivity index (χ1v) is 10.3. The lowest BCUT2D eigenvalue weighted by molar-refractivity contribution is 0.0940. The van der Waals surface area contributed by atoms with Gasteiger partial charge in [-0.1, -0.05) is 12.1 Å². The van der Waals surface area contributed by atoms with E-state index in [9.17, 15) is 4.79 Å². The van der Waals surface area contributed by atoms with Crippen LogP contribution in [0.3, 0.4) is 0 Å². The maximum Gasteiger partial charge on any atom is 0.270 e. The number of nitrogens with one attached hydrogen (secondary N) is 1. The smallest absolute Gasteiger partial charge is 0.270 e. The van der Waals surface area contributed by atoms with Crippen LogP contribution in [0.15, 0.2) is 24.3 Å². The Balaban J connectivity index is 0.00000218. The molecule has 1 N–H and O–H groups in total. The fourth-order valence-corrected chi connectivity index (χ4v) is 5.38. The number of amides is 1. The summed E-state index contributed by atoms with van der Waals surface area (Å²) in [6.07, 6.45) is 0.796. The predicted octanol–water partition coefficient (Wildman–Crippen LogP) is 2.24. The van der Waals surface area contributed by atoms with E-state index < -0.39 is 0 Å². The van der Waals surface area contributed by atoms with Gasteiger partial charge in [-0.25, -0.2) is 9.97 Å². The van der Waals surface area contributed by atoms with E-state index in [1.54, 1.807) is 7.11 Å². The lowest BCUT2D eigenvalue weighted by atomic mass is 9.89. The Kier molecular flexibility index (Phi) is 5.59. The van der Waals surface area contributed by atoms with Gasteiger partial charge in [0.15, 0.2) is 0 Å². The van der Waals surface area contributed by atoms with Gasteiger partial charge in [0.05, 0.1) is 7.11 Å². The Bertz CT molecular complexity index is 951. The molecule has 0 spiro atoms. The van der Waals surface area contributed by atoms with Crippen molar-refractivity contribution in [2.24, 2.45) is 11.8 Å². The molecule has 2 saturated heterocycles. The summed E-state index contributed by atoms with van der Waals surface area (Å²) in [5.74, 6) is 3.57. The van der Waals surface area contributed by atoms with Crippen LogP contribution in [0.1, 0.15) is 33.5 Å². The lowest BCUT2D eigenvalue weighted by Gasteiger charge is -2.29. The van der Waals surface area contributed by atoms with Gasteiger partial charge >= 0.3 is 0 Å². The zero-order valence-electron chi connectivity index (χ0n) is 17.6. The number of nitrogens with zero attached hydrogens (tertiary/aromatic N) is 4. The first-order valence-electron chi connectivity index (χ1n) is 10.3. The van der Waals surface area contributed by atoms with Crippen LogP contribution >= 0.6 is 12.4 Å². The van der Waals surface area contributed by atoms with Crippen molar-refractivity contribution in [3.63, 3.8) is 0 Å². The quantitative estimate of drug-likeness (QED) is 0.806. The lowest BCUT2D eigenvalue weighted by Crippen LogP contribution is -2.36. The maximum absolute atomic E-state index is 12.3. The molecule has 2 fully saturated rings. The van der Waals surface area contributed by atoms with Crippen molar-refractivity contribution in [3.8, 4) is 5.75 Å². The molecule has 8 heteroatoms. The second kappa shape index (κ2) is 8.04. The van der Waals surface area contributed by atoms with Gasteiger partial charge < -0.3 is 15.0 Å². The summed E-state index contributed by atoms with van der Waals surface area (Å²) >= 11 is 0. The highest BCUT2D eigenvalue weighted by atomic mass is 35.5. The summed E-state index contributed by atoms with van der Waals surface area (Å²) in [4.78, 5) is 26.4.